The van der Waals surface area contributed by atoms with Crippen LogP contribution in [0, 0.1) is 6.92 Å². The van der Waals surface area contributed by atoms with Gasteiger partial charge in [-0.1, -0.05) is 0 Å². The van der Waals surface area contributed by atoms with Crippen molar-refractivity contribution in [2.45, 2.75) is 25.8 Å². The summed E-state index contributed by atoms with van der Waals surface area (Å²) in [5.41, 5.74) is 0. The monoisotopic (exact) mass is 316 g/mol. The van der Waals surface area contributed by atoms with Crippen LogP contribution in [-0.4, -0.2) is 50.5 Å². The number of aromatic nitrogens is 1. The second kappa shape index (κ2) is 6.53. The molecule has 1 fully saturated rings. The Morgan fingerprint density at radius 1 is 1.60 bits per heavy atom. The van der Waals surface area contributed by atoms with E-state index in [0.717, 1.165) is 18.0 Å². The van der Waals surface area contributed by atoms with Gasteiger partial charge in [0.2, 0.25) is 0 Å². The maximum atomic E-state index is 11.4. The van der Waals surface area contributed by atoms with Crippen molar-refractivity contribution >= 4 is 27.1 Å². The van der Waals surface area contributed by atoms with Gasteiger partial charge in [-0.15, -0.1) is 11.3 Å². The Morgan fingerprint density at radius 2 is 2.40 bits per heavy atom. The molecule has 0 aromatic carbocycles. The highest BCUT2D eigenvalue weighted by Crippen LogP contribution is 2.12. The minimum atomic E-state index is -2.86. The number of guanidine groups is 1. The summed E-state index contributed by atoms with van der Waals surface area (Å²) in [6, 6.07) is -0.0340. The summed E-state index contributed by atoms with van der Waals surface area (Å²) in [5.74, 6) is 1.11. The molecule has 112 valence electrons. The SMILES string of the molecule is CN=C(NCCc1ncc(C)s1)NC1CCS(=O)(=O)C1. The highest BCUT2D eigenvalue weighted by molar-refractivity contribution is 7.91. The van der Waals surface area contributed by atoms with Gasteiger partial charge < -0.3 is 10.6 Å². The zero-order valence-corrected chi connectivity index (χ0v) is 13.4. The number of aryl methyl sites for hydroxylation is 1. The van der Waals surface area contributed by atoms with Gasteiger partial charge in [0.15, 0.2) is 15.8 Å². The Labute approximate surface area is 123 Å². The first-order valence-corrected chi connectivity index (χ1v) is 9.21. The fraction of sp³-hybridized carbons (Fsp3) is 0.667. The van der Waals surface area contributed by atoms with Crippen molar-refractivity contribution in [2.75, 3.05) is 25.1 Å². The van der Waals surface area contributed by atoms with Crippen LogP contribution >= 0.6 is 11.3 Å². The summed E-state index contributed by atoms with van der Waals surface area (Å²) in [5, 5.41) is 7.44. The van der Waals surface area contributed by atoms with Gasteiger partial charge in [-0.3, -0.25) is 4.99 Å². The van der Waals surface area contributed by atoms with Crippen LogP contribution < -0.4 is 10.6 Å². The first-order valence-electron chi connectivity index (χ1n) is 6.57. The number of hydrogen-bond donors (Lipinski definition) is 2. The maximum Gasteiger partial charge on any atom is 0.191 e. The van der Waals surface area contributed by atoms with Crippen molar-refractivity contribution in [3.05, 3.63) is 16.1 Å². The molecule has 0 bridgehead atoms. The molecular formula is C12H20N4O2S2. The molecule has 1 atom stereocenters. The maximum absolute atomic E-state index is 11.4. The third-order valence-corrected chi connectivity index (χ3v) is 5.84. The van der Waals surface area contributed by atoms with Crippen LogP contribution in [0.1, 0.15) is 16.3 Å². The number of nitrogens with one attached hydrogen (secondary N) is 2. The fourth-order valence-electron chi connectivity index (χ4n) is 2.10. The zero-order chi connectivity index (χ0) is 14.6. The third kappa shape index (κ3) is 4.45. The Bertz CT molecular complexity index is 580. The van der Waals surface area contributed by atoms with Crippen LogP contribution in [0.15, 0.2) is 11.2 Å². The molecular weight excluding hydrogens is 296 g/mol. The standard InChI is InChI=1S/C12H20N4O2S2/c1-9-7-15-11(19-9)3-5-14-12(13-2)16-10-4-6-20(17,18)8-10/h7,10H,3-6,8H2,1-2H3,(H2,13,14,16). The van der Waals surface area contributed by atoms with E-state index >= 15 is 0 Å². The van der Waals surface area contributed by atoms with Crippen LogP contribution in [0.3, 0.4) is 0 Å². The molecule has 0 amide bonds. The normalized spacial score (nSPS) is 21.9. The van der Waals surface area contributed by atoms with Crippen LogP contribution in [0.2, 0.25) is 0 Å². The Kier molecular flexibility index (Phi) is 4.98. The van der Waals surface area contributed by atoms with Gasteiger partial charge in [0.1, 0.15) is 0 Å². The lowest BCUT2D eigenvalue weighted by Crippen LogP contribution is -2.44. The van der Waals surface area contributed by atoms with Crippen LogP contribution in [0.5, 0.6) is 0 Å². The molecule has 2 rings (SSSR count). The highest BCUT2D eigenvalue weighted by atomic mass is 32.2. The molecule has 1 aromatic rings. The molecule has 1 aliphatic heterocycles. The molecule has 0 radical (unpaired) electrons. The quantitative estimate of drug-likeness (QED) is 0.618. The van der Waals surface area contributed by atoms with Gasteiger partial charge in [-0.25, -0.2) is 13.4 Å². The number of aliphatic imine (C=N–C) groups is 1. The fourth-order valence-corrected chi connectivity index (χ4v) is 4.56. The van der Waals surface area contributed by atoms with Crippen molar-refractivity contribution in [3.63, 3.8) is 0 Å². The smallest absolute Gasteiger partial charge is 0.191 e. The van der Waals surface area contributed by atoms with E-state index in [4.69, 9.17) is 0 Å². The largest absolute Gasteiger partial charge is 0.356 e. The summed E-state index contributed by atoms with van der Waals surface area (Å²) in [6.45, 7) is 2.77. The molecule has 0 saturated carbocycles. The van der Waals surface area contributed by atoms with Gasteiger partial charge in [0.05, 0.1) is 16.5 Å². The lowest BCUT2D eigenvalue weighted by Gasteiger charge is -2.15. The summed E-state index contributed by atoms with van der Waals surface area (Å²) in [7, 11) is -1.18. The molecule has 1 unspecified atom stereocenters. The van der Waals surface area contributed by atoms with Crippen molar-refractivity contribution in [1.82, 2.24) is 15.6 Å². The highest BCUT2D eigenvalue weighted by Gasteiger charge is 2.28. The minimum Gasteiger partial charge on any atom is -0.356 e. The summed E-state index contributed by atoms with van der Waals surface area (Å²) in [6.07, 6.45) is 3.35. The molecule has 1 aromatic heterocycles. The molecule has 1 saturated heterocycles. The van der Waals surface area contributed by atoms with Crippen LogP contribution in [0.25, 0.3) is 0 Å². The number of nitrogens with zero attached hydrogens (tertiary/aromatic N) is 2. The van der Waals surface area contributed by atoms with Gasteiger partial charge in [-0.05, 0) is 13.3 Å². The third-order valence-electron chi connectivity index (χ3n) is 3.10. The Balaban J connectivity index is 1.76. The van der Waals surface area contributed by atoms with Gasteiger partial charge in [-0.2, -0.15) is 0 Å². The van der Waals surface area contributed by atoms with E-state index in [-0.39, 0.29) is 17.5 Å². The average Bonchev–Trinajstić information content (AvgIpc) is 2.94. The molecule has 20 heavy (non-hydrogen) atoms. The summed E-state index contributed by atoms with van der Waals surface area (Å²) >= 11 is 1.69. The van der Waals surface area contributed by atoms with Crippen molar-refractivity contribution in [3.8, 4) is 0 Å². The topological polar surface area (TPSA) is 83.4 Å². The van der Waals surface area contributed by atoms with E-state index < -0.39 is 9.84 Å². The van der Waals surface area contributed by atoms with Crippen molar-refractivity contribution in [2.24, 2.45) is 4.99 Å². The van der Waals surface area contributed by atoms with E-state index in [9.17, 15) is 8.42 Å². The molecule has 2 heterocycles. The average molecular weight is 316 g/mol. The number of rotatable bonds is 4. The number of thiazole rings is 1. The lowest BCUT2D eigenvalue weighted by atomic mass is 10.3. The van der Waals surface area contributed by atoms with E-state index in [1.54, 1.807) is 18.4 Å². The first kappa shape index (κ1) is 15.2. The predicted molar refractivity (Wildman–Crippen MR) is 82.1 cm³/mol. The zero-order valence-electron chi connectivity index (χ0n) is 11.7. The summed E-state index contributed by atoms with van der Waals surface area (Å²) in [4.78, 5) is 9.63. The second-order valence-corrected chi connectivity index (χ2v) is 8.41. The molecule has 0 spiro atoms. The summed E-state index contributed by atoms with van der Waals surface area (Å²) < 4.78 is 22.8. The first-order chi connectivity index (χ1) is 9.48. The molecule has 0 aliphatic carbocycles. The number of hydrogen-bond acceptors (Lipinski definition) is 5. The van der Waals surface area contributed by atoms with Crippen LogP contribution in [-0.2, 0) is 16.3 Å². The Hall–Kier alpha value is -1.15. The van der Waals surface area contributed by atoms with E-state index in [0.29, 0.717) is 12.4 Å². The molecule has 2 N–H and O–H groups in total. The predicted octanol–water partition coefficient (Wildman–Crippen LogP) is 0.346. The molecule has 6 nitrogen and oxygen atoms in total. The van der Waals surface area contributed by atoms with Crippen molar-refractivity contribution in [1.29, 1.82) is 0 Å². The van der Waals surface area contributed by atoms with Crippen molar-refractivity contribution < 1.29 is 8.42 Å². The molecule has 1 aliphatic rings. The lowest BCUT2D eigenvalue weighted by molar-refractivity contribution is 0.599. The second-order valence-electron chi connectivity index (χ2n) is 4.86. The van der Waals surface area contributed by atoms with Gasteiger partial charge >= 0.3 is 0 Å². The van der Waals surface area contributed by atoms with Gasteiger partial charge in [0.25, 0.3) is 0 Å². The van der Waals surface area contributed by atoms with Crippen LogP contribution in [0.4, 0.5) is 0 Å². The van der Waals surface area contributed by atoms with E-state index in [1.807, 2.05) is 13.1 Å². The van der Waals surface area contributed by atoms with Gasteiger partial charge in [0, 0.05) is 37.1 Å². The Morgan fingerprint density at radius 3 is 2.95 bits per heavy atom. The molecule has 8 heteroatoms. The van der Waals surface area contributed by atoms with E-state index in [1.165, 1.54) is 4.88 Å². The minimum absolute atomic E-state index is 0.0340. The van der Waals surface area contributed by atoms with E-state index in [2.05, 4.69) is 20.6 Å². The number of sulfone groups is 1.